The first-order valence-electron chi connectivity index (χ1n) is 5.22. The zero-order valence-electron chi connectivity index (χ0n) is 9.32. The standard InChI is InChI=1S/C11H15ClN2O2S/c12-9-3-1-4-10(7-9)14-11(15)8-17(16)6-2-5-13/h1,3-4,7H,2,5-6,8,13H2,(H,14,15). The summed E-state index contributed by atoms with van der Waals surface area (Å²) in [6.45, 7) is 0.488. The van der Waals surface area contributed by atoms with Crippen molar-refractivity contribution in [2.75, 3.05) is 23.4 Å². The Hall–Kier alpha value is -0.910. The van der Waals surface area contributed by atoms with Crippen molar-refractivity contribution >= 4 is 34.0 Å². The van der Waals surface area contributed by atoms with Crippen LogP contribution in [0.25, 0.3) is 0 Å². The molecule has 0 radical (unpaired) electrons. The van der Waals surface area contributed by atoms with Gasteiger partial charge in [-0.3, -0.25) is 9.00 Å². The molecule has 0 fully saturated rings. The van der Waals surface area contributed by atoms with Gasteiger partial charge in [0.25, 0.3) is 0 Å². The minimum absolute atomic E-state index is 0.00743. The van der Waals surface area contributed by atoms with E-state index in [2.05, 4.69) is 5.32 Å². The van der Waals surface area contributed by atoms with Crippen molar-refractivity contribution in [2.24, 2.45) is 5.73 Å². The number of rotatable bonds is 6. The molecule has 1 aromatic carbocycles. The fourth-order valence-corrected chi connectivity index (χ4v) is 2.41. The SMILES string of the molecule is NCCCS(=O)CC(=O)Nc1cccc(Cl)c1. The second-order valence-corrected chi connectivity index (χ2v) is 5.50. The Morgan fingerprint density at radius 3 is 2.88 bits per heavy atom. The minimum Gasteiger partial charge on any atom is -0.330 e. The Balaban J connectivity index is 2.42. The summed E-state index contributed by atoms with van der Waals surface area (Å²) in [4.78, 5) is 11.5. The van der Waals surface area contributed by atoms with Gasteiger partial charge in [-0.05, 0) is 31.2 Å². The Morgan fingerprint density at radius 2 is 2.24 bits per heavy atom. The van der Waals surface area contributed by atoms with Crippen LogP contribution in [-0.2, 0) is 15.6 Å². The summed E-state index contributed by atoms with van der Waals surface area (Å²) in [7, 11) is -1.15. The van der Waals surface area contributed by atoms with E-state index in [1.54, 1.807) is 24.3 Å². The van der Waals surface area contributed by atoms with Gasteiger partial charge in [0.1, 0.15) is 5.75 Å². The number of carbonyl (C=O) groups is 1. The zero-order valence-corrected chi connectivity index (χ0v) is 10.9. The number of halogens is 1. The molecular weight excluding hydrogens is 260 g/mol. The molecule has 0 aliphatic heterocycles. The van der Waals surface area contributed by atoms with Crippen LogP contribution in [0.5, 0.6) is 0 Å². The van der Waals surface area contributed by atoms with Crippen molar-refractivity contribution in [3.63, 3.8) is 0 Å². The maximum Gasteiger partial charge on any atom is 0.236 e. The van der Waals surface area contributed by atoms with Gasteiger partial charge in [-0.1, -0.05) is 17.7 Å². The Bertz CT molecular complexity index is 412. The van der Waals surface area contributed by atoms with Gasteiger partial charge in [0.05, 0.1) is 0 Å². The van der Waals surface area contributed by atoms with E-state index >= 15 is 0 Å². The average molecular weight is 275 g/mol. The molecule has 17 heavy (non-hydrogen) atoms. The van der Waals surface area contributed by atoms with Gasteiger partial charge in [-0.25, -0.2) is 0 Å². The number of benzene rings is 1. The first kappa shape index (κ1) is 14.2. The first-order valence-corrected chi connectivity index (χ1v) is 7.09. The quantitative estimate of drug-likeness (QED) is 0.823. The molecule has 0 aromatic heterocycles. The van der Waals surface area contributed by atoms with E-state index in [0.29, 0.717) is 29.4 Å². The Morgan fingerprint density at radius 1 is 1.47 bits per heavy atom. The molecule has 1 rings (SSSR count). The van der Waals surface area contributed by atoms with Crippen molar-refractivity contribution in [1.29, 1.82) is 0 Å². The largest absolute Gasteiger partial charge is 0.330 e. The lowest BCUT2D eigenvalue weighted by molar-refractivity contribution is -0.113. The number of carbonyl (C=O) groups excluding carboxylic acids is 1. The molecule has 6 heteroatoms. The van der Waals surface area contributed by atoms with Gasteiger partial charge < -0.3 is 11.1 Å². The summed E-state index contributed by atoms with van der Waals surface area (Å²) in [5.41, 5.74) is 5.91. The van der Waals surface area contributed by atoms with Crippen molar-refractivity contribution < 1.29 is 9.00 Å². The van der Waals surface area contributed by atoms with Crippen LogP contribution in [0.3, 0.4) is 0 Å². The summed E-state index contributed by atoms with van der Waals surface area (Å²) in [5, 5.41) is 3.19. The van der Waals surface area contributed by atoms with Crippen molar-refractivity contribution in [2.45, 2.75) is 6.42 Å². The van der Waals surface area contributed by atoms with Crippen LogP contribution in [0, 0.1) is 0 Å². The van der Waals surface area contributed by atoms with Crippen LogP contribution in [0.15, 0.2) is 24.3 Å². The molecule has 0 heterocycles. The predicted molar refractivity (Wildman–Crippen MR) is 71.6 cm³/mol. The smallest absolute Gasteiger partial charge is 0.236 e. The van der Waals surface area contributed by atoms with Gasteiger partial charge in [0.2, 0.25) is 5.91 Å². The van der Waals surface area contributed by atoms with E-state index in [9.17, 15) is 9.00 Å². The summed E-state index contributed by atoms with van der Waals surface area (Å²) in [6, 6.07) is 6.83. The van der Waals surface area contributed by atoms with Gasteiger partial charge in [-0.2, -0.15) is 0 Å². The third-order valence-electron chi connectivity index (χ3n) is 1.98. The van der Waals surface area contributed by atoms with Crippen LogP contribution >= 0.6 is 11.6 Å². The fourth-order valence-electron chi connectivity index (χ4n) is 1.23. The highest BCUT2D eigenvalue weighted by atomic mass is 35.5. The second kappa shape index (κ2) is 7.42. The van der Waals surface area contributed by atoms with E-state index in [1.807, 2.05) is 0 Å². The molecule has 0 saturated carbocycles. The highest BCUT2D eigenvalue weighted by Crippen LogP contribution is 2.14. The van der Waals surface area contributed by atoms with Crippen LogP contribution in [-0.4, -0.2) is 28.2 Å². The number of amides is 1. The summed E-state index contributed by atoms with van der Waals surface area (Å²) < 4.78 is 11.4. The predicted octanol–water partition coefficient (Wildman–Crippen LogP) is 1.38. The molecule has 1 aromatic rings. The van der Waals surface area contributed by atoms with Crippen LogP contribution in [0.2, 0.25) is 5.02 Å². The van der Waals surface area contributed by atoms with Crippen molar-refractivity contribution in [1.82, 2.24) is 0 Å². The highest BCUT2D eigenvalue weighted by molar-refractivity contribution is 7.85. The zero-order chi connectivity index (χ0) is 12.7. The van der Waals surface area contributed by atoms with Crippen LogP contribution in [0.4, 0.5) is 5.69 Å². The maximum absolute atomic E-state index is 11.5. The fraction of sp³-hybridized carbons (Fsp3) is 0.364. The number of nitrogens with two attached hydrogens (primary N) is 1. The van der Waals surface area contributed by atoms with Crippen molar-refractivity contribution in [3.8, 4) is 0 Å². The lowest BCUT2D eigenvalue weighted by Crippen LogP contribution is -2.21. The minimum atomic E-state index is -1.15. The molecule has 0 aliphatic carbocycles. The van der Waals surface area contributed by atoms with E-state index < -0.39 is 10.8 Å². The monoisotopic (exact) mass is 274 g/mol. The topological polar surface area (TPSA) is 72.2 Å². The highest BCUT2D eigenvalue weighted by Gasteiger charge is 2.07. The summed E-state index contributed by atoms with van der Waals surface area (Å²) in [6.07, 6.45) is 0.664. The molecule has 0 saturated heterocycles. The van der Waals surface area contributed by atoms with Gasteiger partial charge >= 0.3 is 0 Å². The Labute approximate surface area is 108 Å². The molecule has 1 unspecified atom stereocenters. The molecule has 94 valence electrons. The van der Waals surface area contributed by atoms with Gasteiger partial charge in [-0.15, -0.1) is 0 Å². The van der Waals surface area contributed by atoms with Gasteiger partial charge in [0, 0.05) is 27.3 Å². The summed E-state index contributed by atoms with van der Waals surface area (Å²) >= 11 is 5.78. The first-order chi connectivity index (χ1) is 8.11. The van der Waals surface area contributed by atoms with Gasteiger partial charge in [0.15, 0.2) is 0 Å². The van der Waals surface area contributed by atoms with E-state index in [1.165, 1.54) is 0 Å². The van der Waals surface area contributed by atoms with E-state index in [4.69, 9.17) is 17.3 Å². The lowest BCUT2D eigenvalue weighted by atomic mass is 10.3. The molecule has 0 bridgehead atoms. The maximum atomic E-state index is 11.5. The lowest BCUT2D eigenvalue weighted by Gasteiger charge is -2.05. The second-order valence-electron chi connectivity index (χ2n) is 3.49. The number of nitrogens with one attached hydrogen (secondary N) is 1. The molecule has 4 nitrogen and oxygen atoms in total. The number of hydrogen-bond acceptors (Lipinski definition) is 3. The normalized spacial score (nSPS) is 12.1. The van der Waals surface area contributed by atoms with E-state index in [-0.39, 0.29) is 11.7 Å². The van der Waals surface area contributed by atoms with Crippen LogP contribution < -0.4 is 11.1 Å². The molecule has 1 amide bonds. The molecule has 1 atom stereocenters. The average Bonchev–Trinajstić information content (AvgIpc) is 2.26. The van der Waals surface area contributed by atoms with Crippen LogP contribution in [0.1, 0.15) is 6.42 Å². The van der Waals surface area contributed by atoms with Crippen molar-refractivity contribution in [3.05, 3.63) is 29.3 Å². The van der Waals surface area contributed by atoms with E-state index in [0.717, 1.165) is 0 Å². The summed E-state index contributed by atoms with van der Waals surface area (Å²) in [5.74, 6) is 0.175. The third-order valence-corrected chi connectivity index (χ3v) is 3.54. The molecular formula is C11H15ClN2O2S. The molecule has 3 N–H and O–H groups in total. The Kier molecular flexibility index (Phi) is 6.18. The molecule has 0 aliphatic rings. The molecule has 0 spiro atoms. The third kappa shape index (κ3) is 5.81. The number of hydrogen-bond donors (Lipinski definition) is 2. The number of anilines is 1.